The second kappa shape index (κ2) is 4.84. The van der Waals surface area contributed by atoms with E-state index in [9.17, 15) is 9.18 Å². The van der Waals surface area contributed by atoms with E-state index in [0.29, 0.717) is 13.0 Å². The van der Waals surface area contributed by atoms with Gasteiger partial charge in [0.15, 0.2) is 5.82 Å². The summed E-state index contributed by atoms with van der Waals surface area (Å²) in [5.74, 6) is -0.505. The van der Waals surface area contributed by atoms with Gasteiger partial charge in [-0.3, -0.25) is 4.79 Å². The summed E-state index contributed by atoms with van der Waals surface area (Å²) in [6, 6.07) is 6.30. The summed E-state index contributed by atoms with van der Waals surface area (Å²) in [6.45, 7) is 0.496. The standard InChI is InChI=1S/C12H10BrFN2O/c13-5-8-4-11(17)16(7-8)10-3-1-2-9(6-15)12(10)14/h1-3,8H,4-5,7H2. The fourth-order valence-corrected chi connectivity index (χ4v) is 2.37. The summed E-state index contributed by atoms with van der Waals surface area (Å²) in [5, 5.41) is 9.47. The van der Waals surface area contributed by atoms with Gasteiger partial charge in [0, 0.05) is 18.3 Å². The van der Waals surface area contributed by atoms with E-state index in [1.54, 1.807) is 12.1 Å². The Balaban J connectivity index is 2.36. The molecule has 0 bridgehead atoms. The van der Waals surface area contributed by atoms with Crippen LogP contribution in [0.25, 0.3) is 0 Å². The van der Waals surface area contributed by atoms with Gasteiger partial charge in [-0.15, -0.1) is 0 Å². The Morgan fingerprint density at radius 2 is 2.35 bits per heavy atom. The lowest BCUT2D eigenvalue weighted by molar-refractivity contribution is -0.117. The van der Waals surface area contributed by atoms with Gasteiger partial charge in [-0.2, -0.15) is 5.26 Å². The van der Waals surface area contributed by atoms with Crippen molar-refractivity contribution in [3.8, 4) is 6.07 Å². The van der Waals surface area contributed by atoms with Crippen molar-refractivity contribution >= 4 is 27.5 Å². The van der Waals surface area contributed by atoms with E-state index >= 15 is 0 Å². The van der Waals surface area contributed by atoms with E-state index in [-0.39, 0.29) is 23.1 Å². The molecule has 0 N–H and O–H groups in total. The summed E-state index contributed by atoms with van der Waals surface area (Å²) in [6.07, 6.45) is 0.418. The molecule has 1 amide bonds. The topological polar surface area (TPSA) is 44.1 Å². The van der Waals surface area contributed by atoms with Gasteiger partial charge in [-0.05, 0) is 18.1 Å². The van der Waals surface area contributed by atoms with Crippen molar-refractivity contribution in [3.63, 3.8) is 0 Å². The zero-order valence-electron chi connectivity index (χ0n) is 8.99. The van der Waals surface area contributed by atoms with Gasteiger partial charge in [-0.1, -0.05) is 22.0 Å². The lowest BCUT2D eigenvalue weighted by atomic mass is 10.1. The van der Waals surface area contributed by atoms with Gasteiger partial charge in [0.05, 0.1) is 11.3 Å². The Labute approximate surface area is 107 Å². The molecule has 0 spiro atoms. The lowest BCUT2D eigenvalue weighted by Gasteiger charge is -2.17. The van der Waals surface area contributed by atoms with Crippen LogP contribution in [-0.4, -0.2) is 17.8 Å². The van der Waals surface area contributed by atoms with Crippen LogP contribution in [0.2, 0.25) is 0 Å². The number of nitrogens with zero attached hydrogens (tertiary/aromatic N) is 2. The fraction of sp³-hybridized carbons (Fsp3) is 0.333. The quantitative estimate of drug-likeness (QED) is 0.787. The van der Waals surface area contributed by atoms with Gasteiger partial charge in [0.1, 0.15) is 6.07 Å². The molecule has 5 heteroatoms. The van der Waals surface area contributed by atoms with Gasteiger partial charge >= 0.3 is 0 Å². The van der Waals surface area contributed by atoms with E-state index in [1.165, 1.54) is 17.0 Å². The molecule has 1 atom stereocenters. The molecule has 1 heterocycles. The van der Waals surface area contributed by atoms with Crippen LogP contribution in [0.5, 0.6) is 0 Å². The summed E-state index contributed by atoms with van der Waals surface area (Å²) in [7, 11) is 0. The highest BCUT2D eigenvalue weighted by Gasteiger charge is 2.31. The first kappa shape index (κ1) is 12.1. The van der Waals surface area contributed by atoms with E-state index < -0.39 is 5.82 Å². The molecule has 0 saturated carbocycles. The Morgan fingerprint density at radius 1 is 1.59 bits per heavy atom. The van der Waals surface area contributed by atoms with E-state index in [4.69, 9.17) is 5.26 Å². The molecular formula is C12H10BrFN2O. The summed E-state index contributed by atoms with van der Waals surface area (Å²) in [4.78, 5) is 13.2. The van der Waals surface area contributed by atoms with Crippen LogP contribution in [-0.2, 0) is 4.79 Å². The van der Waals surface area contributed by atoms with Crippen LogP contribution in [0.3, 0.4) is 0 Å². The molecule has 0 radical (unpaired) electrons. The number of hydrogen-bond donors (Lipinski definition) is 0. The Bertz CT molecular complexity index is 498. The number of nitriles is 1. The van der Waals surface area contributed by atoms with Gasteiger partial charge < -0.3 is 4.90 Å². The predicted octanol–water partition coefficient (Wildman–Crippen LogP) is 2.45. The van der Waals surface area contributed by atoms with Crippen molar-refractivity contribution in [1.29, 1.82) is 5.26 Å². The van der Waals surface area contributed by atoms with Crippen molar-refractivity contribution in [2.75, 3.05) is 16.8 Å². The zero-order valence-corrected chi connectivity index (χ0v) is 10.6. The molecule has 17 heavy (non-hydrogen) atoms. The number of carbonyl (C=O) groups excluding carboxylic acids is 1. The lowest BCUT2D eigenvalue weighted by Crippen LogP contribution is -2.25. The first-order valence-corrected chi connectivity index (χ1v) is 6.34. The third kappa shape index (κ3) is 2.18. The van der Waals surface area contributed by atoms with Crippen LogP contribution in [0, 0.1) is 23.1 Å². The minimum atomic E-state index is -0.612. The minimum absolute atomic E-state index is 0.0300. The number of amides is 1. The molecule has 1 fully saturated rings. The number of anilines is 1. The SMILES string of the molecule is N#Cc1cccc(N2CC(CBr)CC2=O)c1F. The maximum Gasteiger partial charge on any atom is 0.227 e. The molecule has 1 unspecified atom stereocenters. The maximum absolute atomic E-state index is 13.9. The molecule has 1 aliphatic rings. The molecular weight excluding hydrogens is 287 g/mol. The van der Waals surface area contributed by atoms with Crippen LogP contribution in [0.1, 0.15) is 12.0 Å². The molecule has 0 aliphatic carbocycles. The minimum Gasteiger partial charge on any atom is -0.309 e. The Hall–Kier alpha value is -1.41. The highest BCUT2D eigenvalue weighted by molar-refractivity contribution is 9.09. The molecule has 1 aromatic carbocycles. The zero-order chi connectivity index (χ0) is 12.4. The monoisotopic (exact) mass is 296 g/mol. The maximum atomic E-state index is 13.9. The van der Waals surface area contributed by atoms with Crippen molar-refractivity contribution in [1.82, 2.24) is 0 Å². The third-order valence-electron chi connectivity index (χ3n) is 2.81. The van der Waals surface area contributed by atoms with Crippen molar-refractivity contribution in [2.45, 2.75) is 6.42 Å². The smallest absolute Gasteiger partial charge is 0.227 e. The number of alkyl halides is 1. The van der Waals surface area contributed by atoms with Crippen molar-refractivity contribution < 1.29 is 9.18 Å². The van der Waals surface area contributed by atoms with E-state index in [1.807, 2.05) is 0 Å². The summed E-state index contributed by atoms with van der Waals surface area (Å²) in [5.41, 5.74) is 0.176. The fourth-order valence-electron chi connectivity index (χ4n) is 1.93. The first-order valence-electron chi connectivity index (χ1n) is 5.22. The van der Waals surface area contributed by atoms with Crippen molar-refractivity contribution in [2.24, 2.45) is 5.92 Å². The summed E-state index contributed by atoms with van der Waals surface area (Å²) < 4.78 is 13.9. The average molecular weight is 297 g/mol. The largest absolute Gasteiger partial charge is 0.309 e. The highest BCUT2D eigenvalue weighted by Crippen LogP contribution is 2.29. The third-order valence-corrected chi connectivity index (χ3v) is 3.73. The first-order chi connectivity index (χ1) is 8.17. The van der Waals surface area contributed by atoms with E-state index in [2.05, 4.69) is 15.9 Å². The van der Waals surface area contributed by atoms with Crippen LogP contribution in [0.15, 0.2) is 18.2 Å². The highest BCUT2D eigenvalue weighted by atomic mass is 79.9. The van der Waals surface area contributed by atoms with Gasteiger partial charge in [0.2, 0.25) is 5.91 Å². The number of halogens is 2. The molecule has 88 valence electrons. The van der Waals surface area contributed by atoms with Gasteiger partial charge in [0.25, 0.3) is 0 Å². The van der Waals surface area contributed by atoms with Crippen molar-refractivity contribution in [3.05, 3.63) is 29.6 Å². The number of benzene rings is 1. The number of rotatable bonds is 2. The number of hydrogen-bond acceptors (Lipinski definition) is 2. The van der Waals surface area contributed by atoms with Crippen LogP contribution >= 0.6 is 15.9 Å². The average Bonchev–Trinajstić information content (AvgIpc) is 2.71. The molecule has 3 nitrogen and oxygen atoms in total. The molecule has 2 rings (SSSR count). The second-order valence-electron chi connectivity index (χ2n) is 3.98. The van der Waals surface area contributed by atoms with E-state index in [0.717, 1.165) is 5.33 Å². The molecule has 1 saturated heterocycles. The summed E-state index contributed by atoms with van der Waals surface area (Å²) >= 11 is 3.33. The van der Waals surface area contributed by atoms with Gasteiger partial charge in [-0.25, -0.2) is 4.39 Å². The van der Waals surface area contributed by atoms with Crippen LogP contribution < -0.4 is 4.90 Å². The number of carbonyl (C=O) groups is 1. The Kier molecular flexibility index (Phi) is 3.43. The second-order valence-corrected chi connectivity index (χ2v) is 4.63. The molecule has 1 aromatic rings. The van der Waals surface area contributed by atoms with Crippen LogP contribution in [0.4, 0.5) is 10.1 Å². The normalized spacial score (nSPS) is 19.5. The Morgan fingerprint density at radius 3 is 2.94 bits per heavy atom. The molecule has 1 aliphatic heterocycles. The molecule has 0 aromatic heterocycles. The predicted molar refractivity (Wildman–Crippen MR) is 65.4 cm³/mol.